The fourth-order valence-electron chi connectivity index (χ4n) is 4.99. The third-order valence-electron chi connectivity index (χ3n) is 6.03. The van der Waals surface area contributed by atoms with Crippen LogP contribution in [0.1, 0.15) is 49.1 Å². The Morgan fingerprint density at radius 3 is 2.09 bits per heavy atom. The summed E-state index contributed by atoms with van der Waals surface area (Å²) in [7, 11) is 0. The molecule has 2 aromatic rings. The maximum atomic E-state index is 6.01. The van der Waals surface area contributed by atoms with Crippen molar-refractivity contribution in [1.29, 1.82) is 0 Å². The van der Waals surface area contributed by atoms with E-state index in [1.54, 1.807) is 0 Å². The van der Waals surface area contributed by atoms with Crippen LogP contribution in [0.2, 0.25) is 0 Å². The number of rotatable bonds is 3. The molecule has 2 aliphatic carbocycles. The normalized spacial score (nSPS) is 26.0. The van der Waals surface area contributed by atoms with E-state index in [4.69, 9.17) is 12.2 Å². The van der Waals surface area contributed by atoms with E-state index in [1.165, 1.54) is 48.1 Å². The van der Waals surface area contributed by atoms with E-state index in [-0.39, 0.29) is 0 Å². The maximum absolute atomic E-state index is 6.01. The van der Waals surface area contributed by atoms with Gasteiger partial charge in [-0.25, -0.2) is 0 Å². The molecule has 2 atom stereocenters. The fraction of sp³-hybridized carbons (Fsp3) is 0.409. The Balaban J connectivity index is 1.67. The second kappa shape index (κ2) is 6.20. The zero-order valence-electron chi connectivity index (χ0n) is 13.6. The predicted molar refractivity (Wildman–Crippen MR) is 101 cm³/mol. The van der Waals surface area contributed by atoms with Gasteiger partial charge in [-0.2, -0.15) is 0 Å². The summed E-state index contributed by atoms with van der Waals surface area (Å²) in [5.41, 5.74) is 3.24. The van der Waals surface area contributed by atoms with Gasteiger partial charge in [0.25, 0.3) is 0 Å². The molecule has 0 radical (unpaired) electrons. The van der Waals surface area contributed by atoms with Crippen LogP contribution in [-0.4, -0.2) is 4.86 Å². The molecule has 0 bridgehead atoms. The minimum atomic E-state index is 0.314. The predicted octanol–water partition coefficient (Wildman–Crippen LogP) is 5.96. The van der Waals surface area contributed by atoms with E-state index in [1.807, 2.05) is 0 Å². The summed E-state index contributed by atoms with van der Waals surface area (Å²) in [6.07, 6.45) is 7.78. The van der Waals surface area contributed by atoms with Crippen LogP contribution in [0.5, 0.6) is 0 Å². The summed E-state index contributed by atoms with van der Waals surface area (Å²) in [6, 6.07) is 22.0. The Morgan fingerprint density at radius 2 is 1.43 bits per heavy atom. The molecule has 2 fully saturated rings. The van der Waals surface area contributed by atoms with Gasteiger partial charge in [0.2, 0.25) is 0 Å². The van der Waals surface area contributed by atoms with Gasteiger partial charge in [-0.05, 0) is 30.4 Å². The molecule has 4 rings (SSSR count). The van der Waals surface area contributed by atoms with Crippen LogP contribution < -0.4 is 0 Å². The smallest absolute Gasteiger partial charge is 0.00945 e. The molecule has 1 unspecified atom stereocenters. The van der Waals surface area contributed by atoms with Gasteiger partial charge in [0.1, 0.15) is 0 Å². The Hall–Kier alpha value is -1.47. The van der Waals surface area contributed by atoms with Crippen LogP contribution >= 0.6 is 12.2 Å². The van der Waals surface area contributed by atoms with Crippen molar-refractivity contribution in [3.8, 4) is 0 Å². The number of thiocarbonyl (C=S) groups is 1. The van der Waals surface area contributed by atoms with Crippen molar-refractivity contribution in [3.05, 3.63) is 71.8 Å². The summed E-state index contributed by atoms with van der Waals surface area (Å²) in [5, 5.41) is 0. The van der Waals surface area contributed by atoms with Gasteiger partial charge < -0.3 is 0 Å². The molecule has 0 N–H and O–H groups in total. The highest BCUT2D eigenvalue weighted by Gasteiger charge is 2.58. The standard InChI is InChI=1S/C22H24S/c23-21-19(16-17-10-4-1-5-11-17)20(18-12-6-2-7-13-18)22(21)14-8-3-9-15-22/h1-2,4-7,10-13,19-20H,3,8-9,14-16H2/t19?,20-/m1/s1. The third-order valence-corrected chi connectivity index (χ3v) is 6.74. The quantitative estimate of drug-likeness (QED) is 0.628. The van der Waals surface area contributed by atoms with Gasteiger partial charge in [0.15, 0.2) is 0 Å². The first-order valence-electron chi connectivity index (χ1n) is 8.94. The minimum absolute atomic E-state index is 0.314. The highest BCUT2D eigenvalue weighted by molar-refractivity contribution is 7.80. The Labute approximate surface area is 144 Å². The van der Waals surface area contributed by atoms with E-state index in [0.29, 0.717) is 17.3 Å². The molecule has 0 nitrogen and oxygen atoms in total. The van der Waals surface area contributed by atoms with E-state index < -0.39 is 0 Å². The van der Waals surface area contributed by atoms with Crippen LogP contribution in [0.3, 0.4) is 0 Å². The number of hydrogen-bond acceptors (Lipinski definition) is 1. The molecule has 2 aliphatic rings. The van der Waals surface area contributed by atoms with Crippen molar-refractivity contribution < 1.29 is 0 Å². The molecule has 23 heavy (non-hydrogen) atoms. The second-order valence-corrected chi connectivity index (χ2v) is 7.71. The fourth-order valence-corrected chi connectivity index (χ4v) is 5.54. The van der Waals surface area contributed by atoms with Crippen LogP contribution in [0.15, 0.2) is 60.7 Å². The Bertz CT molecular complexity index is 668. The van der Waals surface area contributed by atoms with Crippen molar-refractivity contribution in [2.24, 2.45) is 11.3 Å². The second-order valence-electron chi connectivity index (χ2n) is 7.27. The van der Waals surface area contributed by atoms with Crippen molar-refractivity contribution in [3.63, 3.8) is 0 Å². The average molecular weight is 321 g/mol. The van der Waals surface area contributed by atoms with Gasteiger partial charge in [0, 0.05) is 22.1 Å². The van der Waals surface area contributed by atoms with Gasteiger partial charge in [-0.1, -0.05) is 92.1 Å². The van der Waals surface area contributed by atoms with Gasteiger partial charge in [-0.3, -0.25) is 0 Å². The topological polar surface area (TPSA) is 0 Å². The average Bonchev–Trinajstić information content (AvgIpc) is 2.63. The molecule has 118 valence electrons. The SMILES string of the molecule is S=C1C(Cc2ccccc2)[C@@H](c2ccccc2)C12CCCCC2. The lowest BCUT2D eigenvalue weighted by Gasteiger charge is -2.58. The lowest BCUT2D eigenvalue weighted by Crippen LogP contribution is -2.56. The molecule has 0 aliphatic heterocycles. The van der Waals surface area contributed by atoms with Gasteiger partial charge >= 0.3 is 0 Å². The maximum Gasteiger partial charge on any atom is 0.00945 e. The summed E-state index contributed by atoms with van der Waals surface area (Å²) < 4.78 is 0. The number of benzene rings is 2. The molecular formula is C22H24S. The van der Waals surface area contributed by atoms with Crippen LogP contribution in [0.25, 0.3) is 0 Å². The lowest BCUT2D eigenvalue weighted by atomic mass is 9.46. The van der Waals surface area contributed by atoms with E-state index in [9.17, 15) is 0 Å². The zero-order valence-corrected chi connectivity index (χ0v) is 14.4. The van der Waals surface area contributed by atoms with E-state index in [0.717, 1.165) is 6.42 Å². The Kier molecular flexibility index (Phi) is 4.07. The van der Waals surface area contributed by atoms with Crippen molar-refractivity contribution in [1.82, 2.24) is 0 Å². The van der Waals surface area contributed by atoms with Crippen LogP contribution in [0, 0.1) is 11.3 Å². The van der Waals surface area contributed by atoms with Crippen molar-refractivity contribution in [2.75, 3.05) is 0 Å². The summed E-state index contributed by atoms with van der Waals surface area (Å²) in [5.74, 6) is 1.16. The number of hydrogen-bond donors (Lipinski definition) is 0. The largest absolute Gasteiger partial charge is 0.0887 e. The summed E-state index contributed by atoms with van der Waals surface area (Å²) in [4.78, 5) is 1.37. The minimum Gasteiger partial charge on any atom is -0.0887 e. The molecule has 0 amide bonds. The lowest BCUT2D eigenvalue weighted by molar-refractivity contribution is 0.145. The Morgan fingerprint density at radius 1 is 0.826 bits per heavy atom. The molecule has 2 aromatic carbocycles. The summed E-state index contributed by atoms with van der Waals surface area (Å²) >= 11 is 6.01. The molecular weight excluding hydrogens is 296 g/mol. The highest BCUT2D eigenvalue weighted by atomic mass is 32.1. The molecule has 0 aromatic heterocycles. The van der Waals surface area contributed by atoms with Crippen LogP contribution in [0.4, 0.5) is 0 Å². The van der Waals surface area contributed by atoms with E-state index in [2.05, 4.69) is 60.7 Å². The first-order chi connectivity index (χ1) is 11.3. The molecule has 0 saturated heterocycles. The monoisotopic (exact) mass is 320 g/mol. The van der Waals surface area contributed by atoms with Gasteiger partial charge in [-0.15, -0.1) is 0 Å². The molecule has 1 heteroatoms. The summed E-state index contributed by atoms with van der Waals surface area (Å²) in [6.45, 7) is 0. The molecule has 2 saturated carbocycles. The third kappa shape index (κ3) is 2.55. The first kappa shape index (κ1) is 15.1. The van der Waals surface area contributed by atoms with Crippen molar-refractivity contribution in [2.45, 2.75) is 44.4 Å². The van der Waals surface area contributed by atoms with Gasteiger partial charge in [0.05, 0.1) is 0 Å². The molecule has 1 spiro atoms. The van der Waals surface area contributed by atoms with Crippen molar-refractivity contribution >= 4 is 17.1 Å². The van der Waals surface area contributed by atoms with Crippen LogP contribution in [-0.2, 0) is 6.42 Å². The molecule has 0 heterocycles. The highest BCUT2D eigenvalue weighted by Crippen LogP contribution is 2.62. The first-order valence-corrected chi connectivity index (χ1v) is 9.35. The van der Waals surface area contributed by atoms with E-state index >= 15 is 0 Å². The zero-order chi connectivity index (χ0) is 15.7.